The van der Waals surface area contributed by atoms with Crippen LogP contribution in [0.2, 0.25) is 0 Å². The monoisotopic (exact) mass is 533 g/mol. The van der Waals surface area contributed by atoms with Crippen molar-refractivity contribution in [1.82, 2.24) is 20.5 Å². The Labute approximate surface area is 224 Å². The highest BCUT2D eigenvalue weighted by atomic mass is 32.2. The predicted octanol–water partition coefficient (Wildman–Crippen LogP) is 4.91. The summed E-state index contributed by atoms with van der Waals surface area (Å²) in [5, 5.41) is 6.55. The number of aromatic nitrogens is 1. The number of carbonyl (C=O) groups excluding carboxylic acids is 2. The molecule has 0 bridgehead atoms. The van der Waals surface area contributed by atoms with Crippen LogP contribution < -0.4 is 20.3 Å². The second-order valence-corrected chi connectivity index (χ2v) is 11.1. The minimum Gasteiger partial charge on any atom is -0.457 e. The van der Waals surface area contributed by atoms with E-state index in [-0.39, 0.29) is 23.8 Å². The van der Waals surface area contributed by atoms with E-state index in [1.807, 2.05) is 25.1 Å². The zero-order valence-corrected chi connectivity index (χ0v) is 21.9. The minimum absolute atomic E-state index is 0.0727. The molecule has 0 radical (unpaired) electrons. The zero-order chi connectivity index (χ0) is 26.4. The molecule has 196 valence electrons. The van der Waals surface area contributed by atoms with Crippen LogP contribution in [0, 0.1) is 12.7 Å². The Morgan fingerprint density at radius 3 is 2.71 bits per heavy atom. The number of carbonyl (C=O) groups is 2. The number of rotatable bonds is 5. The van der Waals surface area contributed by atoms with Crippen molar-refractivity contribution in [3.05, 3.63) is 71.7 Å². The van der Waals surface area contributed by atoms with Gasteiger partial charge in [-0.05, 0) is 87.5 Å². The summed E-state index contributed by atoms with van der Waals surface area (Å²) in [5.41, 5.74) is 3.11. The average Bonchev–Trinajstić information content (AvgIpc) is 3.26. The Balaban J connectivity index is 1.25. The van der Waals surface area contributed by atoms with Crippen LogP contribution in [0.3, 0.4) is 0 Å². The number of thioether (sulfide) groups is 1. The number of nitrogens with zero attached hydrogens (tertiary/aromatic N) is 3. The molecular weight excluding hydrogens is 505 g/mol. The molecule has 0 aliphatic carbocycles. The summed E-state index contributed by atoms with van der Waals surface area (Å²) in [4.78, 5) is 35.2. The molecule has 3 amide bonds. The van der Waals surface area contributed by atoms with Crippen molar-refractivity contribution >= 4 is 35.1 Å². The fraction of sp³-hybridized carbons (Fsp3) is 0.321. The highest BCUT2D eigenvalue weighted by molar-refractivity contribution is 8.01. The van der Waals surface area contributed by atoms with Gasteiger partial charge in [-0.15, -0.1) is 0 Å². The summed E-state index contributed by atoms with van der Waals surface area (Å²) in [7, 11) is 2.06. The van der Waals surface area contributed by atoms with Crippen LogP contribution in [-0.4, -0.2) is 53.3 Å². The van der Waals surface area contributed by atoms with E-state index in [9.17, 15) is 14.0 Å². The van der Waals surface area contributed by atoms with Crippen LogP contribution in [0.4, 0.5) is 20.6 Å². The lowest BCUT2D eigenvalue weighted by atomic mass is 9.98. The quantitative estimate of drug-likeness (QED) is 0.485. The molecule has 8 nitrogen and oxygen atoms in total. The number of hydrogen-bond donors (Lipinski definition) is 2. The van der Waals surface area contributed by atoms with Gasteiger partial charge in [0.2, 0.25) is 5.91 Å². The van der Waals surface area contributed by atoms with Crippen molar-refractivity contribution in [1.29, 1.82) is 0 Å². The molecular formula is C28H28FN5O3S. The van der Waals surface area contributed by atoms with E-state index >= 15 is 0 Å². The number of halogens is 1. The third-order valence-electron chi connectivity index (χ3n) is 7.19. The van der Waals surface area contributed by atoms with Crippen molar-refractivity contribution < 1.29 is 18.7 Å². The minimum atomic E-state index is -0.482. The van der Waals surface area contributed by atoms with E-state index in [1.54, 1.807) is 29.3 Å². The van der Waals surface area contributed by atoms with E-state index in [0.29, 0.717) is 17.2 Å². The number of aryl methyl sites for hydroxylation is 1. The molecule has 2 aromatic carbocycles. The molecule has 2 unspecified atom stereocenters. The Bertz CT molecular complexity index is 1400. The van der Waals surface area contributed by atoms with Gasteiger partial charge < -0.3 is 20.3 Å². The van der Waals surface area contributed by atoms with E-state index in [0.717, 1.165) is 47.8 Å². The predicted molar refractivity (Wildman–Crippen MR) is 144 cm³/mol. The van der Waals surface area contributed by atoms with E-state index in [2.05, 4.69) is 27.6 Å². The van der Waals surface area contributed by atoms with Crippen molar-refractivity contribution in [2.24, 2.45) is 0 Å². The fourth-order valence-electron chi connectivity index (χ4n) is 5.41. The first-order valence-electron chi connectivity index (χ1n) is 12.7. The van der Waals surface area contributed by atoms with Gasteiger partial charge in [0.05, 0.1) is 17.4 Å². The summed E-state index contributed by atoms with van der Waals surface area (Å²) >= 11 is 1.40. The maximum atomic E-state index is 13.5. The van der Waals surface area contributed by atoms with Gasteiger partial charge in [0, 0.05) is 24.3 Å². The van der Waals surface area contributed by atoms with E-state index < -0.39 is 11.3 Å². The molecule has 6 rings (SSSR count). The number of piperidine rings is 1. The molecule has 0 saturated carbocycles. The topological polar surface area (TPSA) is 86.8 Å². The standard InChI is InChI=1S/C28H28FN5O3S/c1-16-14-20(37-19-7-5-17(29)6-8-19)9-10-21(16)34-22-11-12-30-27-23(22)24(32-28(34)36)25(38-27)26(35)31-18-4-3-13-33(2)15-18/h5-12,14,18,24-25H,3-4,13,15H2,1-2H3,(H,31,35)(H,32,36)/t18?,24?,25-/m1/s1. The Morgan fingerprint density at radius 2 is 1.95 bits per heavy atom. The van der Waals surface area contributed by atoms with E-state index in [4.69, 9.17) is 4.74 Å². The molecule has 3 aliphatic heterocycles. The summed E-state index contributed by atoms with van der Waals surface area (Å²) in [6, 6.07) is 12.4. The number of anilines is 2. The van der Waals surface area contributed by atoms with E-state index in [1.165, 1.54) is 23.9 Å². The second kappa shape index (κ2) is 9.92. The Kier molecular flexibility index (Phi) is 6.45. The second-order valence-electron chi connectivity index (χ2n) is 9.96. The number of hydrogen-bond acceptors (Lipinski definition) is 6. The van der Waals surface area contributed by atoms with Gasteiger partial charge in [0.25, 0.3) is 0 Å². The van der Waals surface area contributed by atoms with Gasteiger partial charge in [-0.25, -0.2) is 14.2 Å². The molecule has 1 fully saturated rings. The lowest BCUT2D eigenvalue weighted by Gasteiger charge is -2.35. The third-order valence-corrected chi connectivity index (χ3v) is 8.48. The summed E-state index contributed by atoms with van der Waals surface area (Å²) in [6.07, 6.45) is 3.68. The van der Waals surface area contributed by atoms with Gasteiger partial charge in [-0.1, -0.05) is 11.8 Å². The molecule has 4 heterocycles. The maximum Gasteiger partial charge on any atom is 0.327 e. The smallest absolute Gasteiger partial charge is 0.327 e. The summed E-state index contributed by atoms with van der Waals surface area (Å²) in [5.74, 6) is 0.693. The van der Waals surface area contributed by atoms with Crippen LogP contribution in [0.15, 0.2) is 59.8 Å². The summed E-state index contributed by atoms with van der Waals surface area (Å²) in [6.45, 7) is 3.76. The number of likely N-dealkylation sites (tertiary alicyclic amines) is 1. The zero-order valence-electron chi connectivity index (χ0n) is 21.1. The molecule has 2 N–H and O–H groups in total. The van der Waals surface area contributed by atoms with Gasteiger partial charge >= 0.3 is 6.03 Å². The van der Waals surface area contributed by atoms with Crippen LogP contribution in [-0.2, 0) is 4.79 Å². The van der Waals surface area contributed by atoms with Crippen molar-refractivity contribution in [2.45, 2.75) is 42.1 Å². The molecule has 3 aromatic rings. The summed E-state index contributed by atoms with van der Waals surface area (Å²) < 4.78 is 19.1. The number of pyridine rings is 1. The fourth-order valence-corrected chi connectivity index (χ4v) is 6.65. The van der Waals surface area contributed by atoms with Crippen molar-refractivity contribution in [3.63, 3.8) is 0 Å². The number of nitrogens with one attached hydrogen (secondary N) is 2. The van der Waals surface area contributed by atoms with Crippen molar-refractivity contribution in [2.75, 3.05) is 25.0 Å². The molecule has 10 heteroatoms. The van der Waals surface area contributed by atoms with Crippen LogP contribution in [0.1, 0.15) is 30.0 Å². The number of ether oxygens (including phenoxy) is 1. The van der Waals surface area contributed by atoms with Crippen LogP contribution in [0.5, 0.6) is 11.5 Å². The highest BCUT2D eigenvalue weighted by Crippen LogP contribution is 2.51. The largest absolute Gasteiger partial charge is 0.457 e. The molecule has 38 heavy (non-hydrogen) atoms. The number of amides is 3. The number of likely N-dealkylation sites (N-methyl/N-ethyl adjacent to an activating group) is 1. The molecule has 3 aliphatic rings. The van der Waals surface area contributed by atoms with Crippen molar-refractivity contribution in [3.8, 4) is 11.5 Å². The first-order chi connectivity index (χ1) is 18.4. The lowest BCUT2D eigenvalue weighted by Crippen LogP contribution is -2.52. The normalized spacial score (nSPS) is 22.6. The number of benzene rings is 2. The van der Waals surface area contributed by atoms with Gasteiger partial charge in [0.1, 0.15) is 27.6 Å². The first kappa shape index (κ1) is 24.7. The lowest BCUT2D eigenvalue weighted by molar-refractivity contribution is -0.122. The average molecular weight is 534 g/mol. The molecule has 1 saturated heterocycles. The number of urea groups is 1. The molecule has 1 aromatic heterocycles. The molecule has 3 atom stereocenters. The molecule has 0 spiro atoms. The highest BCUT2D eigenvalue weighted by Gasteiger charge is 2.47. The Hall–Kier alpha value is -3.63. The van der Waals surface area contributed by atoms with Crippen LogP contribution in [0.25, 0.3) is 0 Å². The van der Waals surface area contributed by atoms with Gasteiger partial charge in [-0.3, -0.25) is 9.69 Å². The van der Waals surface area contributed by atoms with Crippen LogP contribution >= 0.6 is 11.8 Å². The van der Waals surface area contributed by atoms with Gasteiger partial charge in [-0.2, -0.15) is 0 Å². The Morgan fingerprint density at radius 1 is 1.16 bits per heavy atom. The maximum absolute atomic E-state index is 13.5. The third kappa shape index (κ3) is 4.58. The SMILES string of the molecule is Cc1cc(Oc2ccc(F)cc2)ccc1N1C(=O)NC2c3c1ccnc3S[C@H]2C(=O)NC1CCCN(C)C1. The first-order valence-corrected chi connectivity index (χ1v) is 13.5. The van der Waals surface area contributed by atoms with Gasteiger partial charge in [0.15, 0.2) is 0 Å².